The van der Waals surface area contributed by atoms with E-state index >= 15 is 0 Å². The molecule has 2 aliphatic rings. The zero-order valence-electron chi connectivity index (χ0n) is 14.6. The van der Waals surface area contributed by atoms with Gasteiger partial charge in [-0.3, -0.25) is 29.2 Å². The van der Waals surface area contributed by atoms with Crippen LogP contribution in [0.4, 0.5) is 0 Å². The van der Waals surface area contributed by atoms with Crippen LogP contribution in [0, 0.1) is 0 Å². The van der Waals surface area contributed by atoms with Crippen molar-refractivity contribution in [2.24, 2.45) is 4.99 Å². The standard InChI is InChI=1S/C20H16ClN3O3/c1-12(24-19(26)15-7-2-3-8-16(15)20(24)27)18(25)23-10-9-22-17(23)13-5-4-6-14(21)11-13/h2-8,11-12H,9-10H2,1H3. The maximum atomic E-state index is 13.1. The Balaban J connectivity index is 1.61. The number of fused-ring (bicyclic) bond motifs is 1. The van der Waals surface area contributed by atoms with E-state index in [4.69, 9.17) is 11.6 Å². The third-order valence-electron chi connectivity index (χ3n) is 4.76. The van der Waals surface area contributed by atoms with Crippen molar-refractivity contribution >= 4 is 35.2 Å². The zero-order chi connectivity index (χ0) is 19.1. The number of rotatable bonds is 3. The fourth-order valence-corrected chi connectivity index (χ4v) is 3.62. The normalized spacial score (nSPS) is 17.2. The van der Waals surface area contributed by atoms with Gasteiger partial charge in [-0.2, -0.15) is 0 Å². The van der Waals surface area contributed by atoms with E-state index in [2.05, 4.69) is 4.99 Å². The highest BCUT2D eigenvalue weighted by Gasteiger charge is 2.42. The summed E-state index contributed by atoms with van der Waals surface area (Å²) in [6, 6.07) is 12.8. The van der Waals surface area contributed by atoms with Gasteiger partial charge in [0.2, 0.25) is 0 Å². The fraction of sp³-hybridized carbons (Fsp3) is 0.200. The molecule has 4 rings (SSSR count). The average Bonchev–Trinajstić information content (AvgIpc) is 3.25. The number of hydrogen-bond acceptors (Lipinski definition) is 4. The highest BCUT2D eigenvalue weighted by Crippen LogP contribution is 2.26. The van der Waals surface area contributed by atoms with Crippen molar-refractivity contribution in [3.05, 3.63) is 70.2 Å². The molecular formula is C20H16ClN3O3. The summed E-state index contributed by atoms with van der Waals surface area (Å²) in [5.74, 6) is -0.736. The van der Waals surface area contributed by atoms with Gasteiger partial charge in [0.15, 0.2) is 0 Å². The molecule has 2 aliphatic heterocycles. The number of amides is 3. The summed E-state index contributed by atoms with van der Waals surface area (Å²) in [5.41, 5.74) is 1.38. The monoisotopic (exact) mass is 381 g/mol. The van der Waals surface area contributed by atoms with Crippen LogP contribution in [0.5, 0.6) is 0 Å². The smallest absolute Gasteiger partial charge is 0.262 e. The van der Waals surface area contributed by atoms with Crippen LogP contribution in [0.3, 0.4) is 0 Å². The molecule has 0 radical (unpaired) electrons. The Bertz CT molecular complexity index is 966. The third-order valence-corrected chi connectivity index (χ3v) is 4.99. The number of imide groups is 1. The van der Waals surface area contributed by atoms with Crippen LogP contribution in [0.1, 0.15) is 33.2 Å². The lowest BCUT2D eigenvalue weighted by atomic mass is 10.1. The molecule has 27 heavy (non-hydrogen) atoms. The number of hydrogen-bond donors (Lipinski definition) is 0. The van der Waals surface area contributed by atoms with Crippen molar-refractivity contribution in [2.45, 2.75) is 13.0 Å². The summed E-state index contributed by atoms with van der Waals surface area (Å²) in [4.78, 5) is 45.4. The Kier molecular flexibility index (Phi) is 4.28. The molecule has 0 aromatic heterocycles. The summed E-state index contributed by atoms with van der Waals surface area (Å²) in [6.45, 7) is 2.43. The van der Waals surface area contributed by atoms with Crippen molar-refractivity contribution in [3.63, 3.8) is 0 Å². The average molecular weight is 382 g/mol. The van der Waals surface area contributed by atoms with Gasteiger partial charge in [-0.1, -0.05) is 35.9 Å². The van der Waals surface area contributed by atoms with E-state index in [9.17, 15) is 14.4 Å². The predicted octanol–water partition coefficient (Wildman–Crippen LogP) is 2.61. The summed E-state index contributed by atoms with van der Waals surface area (Å²) in [7, 11) is 0. The summed E-state index contributed by atoms with van der Waals surface area (Å²) < 4.78 is 0. The van der Waals surface area contributed by atoms with Crippen LogP contribution in [-0.4, -0.2) is 52.5 Å². The van der Waals surface area contributed by atoms with Crippen LogP contribution in [-0.2, 0) is 4.79 Å². The minimum Gasteiger partial charge on any atom is -0.293 e. The zero-order valence-corrected chi connectivity index (χ0v) is 15.3. The quantitative estimate of drug-likeness (QED) is 0.767. The third kappa shape index (κ3) is 2.82. The molecule has 1 unspecified atom stereocenters. The topological polar surface area (TPSA) is 70.1 Å². The molecule has 2 aromatic rings. The van der Waals surface area contributed by atoms with Crippen molar-refractivity contribution < 1.29 is 14.4 Å². The first-order valence-electron chi connectivity index (χ1n) is 8.57. The van der Waals surface area contributed by atoms with Gasteiger partial charge in [0.25, 0.3) is 17.7 Å². The number of halogens is 1. The molecule has 1 atom stereocenters. The molecule has 6 nitrogen and oxygen atoms in total. The highest BCUT2D eigenvalue weighted by molar-refractivity contribution is 6.31. The minimum absolute atomic E-state index is 0.326. The van der Waals surface area contributed by atoms with Crippen LogP contribution >= 0.6 is 11.6 Å². The van der Waals surface area contributed by atoms with Crippen molar-refractivity contribution in [1.82, 2.24) is 9.80 Å². The van der Waals surface area contributed by atoms with E-state index in [1.807, 2.05) is 6.07 Å². The lowest BCUT2D eigenvalue weighted by molar-refractivity contribution is -0.130. The fourth-order valence-electron chi connectivity index (χ4n) is 3.43. The molecule has 0 saturated carbocycles. The lowest BCUT2D eigenvalue weighted by Gasteiger charge is -2.27. The Hall–Kier alpha value is -2.99. The van der Waals surface area contributed by atoms with E-state index in [0.29, 0.717) is 35.1 Å². The molecule has 3 amide bonds. The van der Waals surface area contributed by atoms with E-state index in [0.717, 1.165) is 10.5 Å². The van der Waals surface area contributed by atoms with Crippen LogP contribution in [0.25, 0.3) is 0 Å². The first kappa shape index (κ1) is 17.4. The summed E-state index contributed by atoms with van der Waals surface area (Å²) >= 11 is 6.05. The van der Waals surface area contributed by atoms with Crippen LogP contribution in [0.15, 0.2) is 53.5 Å². The maximum Gasteiger partial charge on any atom is 0.262 e. The Morgan fingerprint density at radius 1 is 1.07 bits per heavy atom. The van der Waals surface area contributed by atoms with Crippen molar-refractivity contribution in [3.8, 4) is 0 Å². The molecule has 0 fully saturated rings. The van der Waals surface area contributed by atoms with Gasteiger partial charge in [0.1, 0.15) is 11.9 Å². The van der Waals surface area contributed by atoms with Gasteiger partial charge in [-0.15, -0.1) is 0 Å². The first-order chi connectivity index (χ1) is 13.0. The molecule has 2 aromatic carbocycles. The van der Waals surface area contributed by atoms with Gasteiger partial charge in [0, 0.05) is 17.1 Å². The van der Waals surface area contributed by atoms with Gasteiger partial charge in [-0.05, 0) is 31.2 Å². The minimum atomic E-state index is -0.931. The van der Waals surface area contributed by atoms with E-state index < -0.39 is 17.9 Å². The number of carbonyl (C=O) groups is 3. The van der Waals surface area contributed by atoms with E-state index in [-0.39, 0.29) is 5.91 Å². The van der Waals surface area contributed by atoms with Gasteiger partial charge < -0.3 is 0 Å². The molecule has 0 saturated heterocycles. The second-order valence-corrected chi connectivity index (χ2v) is 6.84. The predicted molar refractivity (Wildman–Crippen MR) is 101 cm³/mol. The SMILES string of the molecule is CC(C(=O)N1CCN=C1c1cccc(Cl)c1)N1C(=O)c2ccccc2C1=O. The largest absolute Gasteiger partial charge is 0.293 e. The molecule has 0 bridgehead atoms. The molecule has 2 heterocycles. The molecule has 7 heteroatoms. The first-order valence-corrected chi connectivity index (χ1v) is 8.95. The van der Waals surface area contributed by atoms with E-state index in [1.165, 1.54) is 4.90 Å². The summed E-state index contributed by atoms with van der Waals surface area (Å²) in [5, 5.41) is 0.544. The highest BCUT2D eigenvalue weighted by atomic mass is 35.5. The van der Waals surface area contributed by atoms with Gasteiger partial charge in [0.05, 0.1) is 17.7 Å². The van der Waals surface area contributed by atoms with Crippen molar-refractivity contribution in [1.29, 1.82) is 0 Å². The second kappa shape index (κ2) is 6.63. The Labute approximate surface area is 161 Å². The Morgan fingerprint density at radius 2 is 1.74 bits per heavy atom. The summed E-state index contributed by atoms with van der Waals surface area (Å²) in [6.07, 6.45) is 0. The second-order valence-electron chi connectivity index (χ2n) is 6.41. The van der Waals surface area contributed by atoms with Gasteiger partial charge in [-0.25, -0.2) is 0 Å². The number of benzene rings is 2. The number of amidine groups is 1. The Morgan fingerprint density at radius 3 is 2.37 bits per heavy atom. The van der Waals surface area contributed by atoms with Gasteiger partial charge >= 0.3 is 0 Å². The van der Waals surface area contributed by atoms with Crippen molar-refractivity contribution in [2.75, 3.05) is 13.1 Å². The molecular weight excluding hydrogens is 366 g/mol. The lowest BCUT2D eigenvalue weighted by Crippen LogP contribution is -2.50. The molecule has 0 aliphatic carbocycles. The van der Waals surface area contributed by atoms with Crippen LogP contribution in [0.2, 0.25) is 5.02 Å². The number of carbonyl (C=O) groups excluding carboxylic acids is 3. The number of aliphatic imine (C=N–C) groups is 1. The molecule has 0 N–H and O–H groups in total. The molecule has 136 valence electrons. The number of nitrogens with zero attached hydrogens (tertiary/aromatic N) is 3. The van der Waals surface area contributed by atoms with Crippen LogP contribution < -0.4 is 0 Å². The van der Waals surface area contributed by atoms with E-state index in [1.54, 1.807) is 49.4 Å². The maximum absolute atomic E-state index is 13.1. The molecule has 0 spiro atoms.